The highest BCUT2D eigenvalue weighted by atomic mass is 28.3. The molecule has 1 heterocycles. The summed E-state index contributed by atoms with van der Waals surface area (Å²) in [7, 11) is 1.50. The molecule has 31 heavy (non-hydrogen) atoms. The molecule has 3 atom stereocenters. The molecule has 1 fully saturated rings. The molecule has 2 aromatic carbocycles. The van der Waals surface area contributed by atoms with Crippen molar-refractivity contribution in [1.29, 1.82) is 0 Å². The minimum absolute atomic E-state index is 0.0230. The van der Waals surface area contributed by atoms with Gasteiger partial charge in [0.1, 0.15) is 11.9 Å². The highest BCUT2D eigenvalue weighted by molar-refractivity contribution is 6.83. The van der Waals surface area contributed by atoms with Gasteiger partial charge in [0.05, 0.1) is 33.5 Å². The fraction of sp³-hybridized carbons (Fsp3) is 0.360. The molecule has 1 saturated heterocycles. The minimum Gasteiger partial charge on any atom is -0.497 e. The molecule has 3 rings (SSSR count). The Morgan fingerprint density at radius 2 is 1.74 bits per heavy atom. The van der Waals surface area contributed by atoms with Gasteiger partial charge in [0.25, 0.3) is 0 Å². The van der Waals surface area contributed by atoms with Gasteiger partial charge in [0.2, 0.25) is 0 Å². The Balaban J connectivity index is 2.03. The van der Waals surface area contributed by atoms with Gasteiger partial charge in [-0.05, 0) is 35.4 Å². The van der Waals surface area contributed by atoms with Crippen LogP contribution in [0.3, 0.4) is 0 Å². The van der Waals surface area contributed by atoms with Crippen molar-refractivity contribution in [3.8, 4) is 5.75 Å². The number of amides is 2. The van der Waals surface area contributed by atoms with Crippen molar-refractivity contribution in [2.75, 3.05) is 14.2 Å². The second-order valence-corrected chi connectivity index (χ2v) is 14.0. The van der Waals surface area contributed by atoms with E-state index in [0.29, 0.717) is 0 Å². The van der Waals surface area contributed by atoms with E-state index in [4.69, 9.17) is 4.74 Å². The molecule has 2 amide bonds. The van der Waals surface area contributed by atoms with Crippen molar-refractivity contribution in [3.05, 3.63) is 82.9 Å². The molecule has 164 valence electrons. The lowest BCUT2D eigenvalue weighted by molar-refractivity contribution is 0.204. The molecular weight excluding hydrogens is 404 g/mol. The van der Waals surface area contributed by atoms with Crippen LogP contribution in [-0.2, 0) is 0 Å². The van der Waals surface area contributed by atoms with Gasteiger partial charge in [-0.3, -0.25) is 4.90 Å². The van der Waals surface area contributed by atoms with E-state index in [0.717, 1.165) is 22.1 Å². The SMILES string of the molecule is COc1ccc([C@H](O)C(=C=CN2C(=O)N(C)[C@@H](C)[C@H]2c2ccccc2)[Si](C)(C)C)cc1. The average Bonchev–Trinajstić information content (AvgIpc) is 2.97. The second kappa shape index (κ2) is 9.14. The van der Waals surface area contributed by atoms with Crippen molar-refractivity contribution in [2.45, 2.75) is 44.8 Å². The van der Waals surface area contributed by atoms with Crippen LogP contribution in [0.15, 0.2) is 71.7 Å². The molecule has 0 saturated carbocycles. The van der Waals surface area contributed by atoms with Crippen molar-refractivity contribution < 1.29 is 14.6 Å². The van der Waals surface area contributed by atoms with Gasteiger partial charge in [0, 0.05) is 7.05 Å². The van der Waals surface area contributed by atoms with Crippen molar-refractivity contribution in [3.63, 3.8) is 0 Å². The van der Waals surface area contributed by atoms with Crippen LogP contribution >= 0.6 is 0 Å². The fourth-order valence-electron chi connectivity index (χ4n) is 3.94. The van der Waals surface area contributed by atoms with E-state index in [1.54, 1.807) is 23.1 Å². The van der Waals surface area contributed by atoms with Crippen LogP contribution in [0.5, 0.6) is 5.75 Å². The molecule has 0 spiro atoms. The van der Waals surface area contributed by atoms with Crippen molar-refractivity contribution in [1.82, 2.24) is 9.80 Å². The Hall–Kier alpha value is -2.79. The van der Waals surface area contributed by atoms with Crippen LogP contribution < -0.4 is 4.74 Å². The summed E-state index contributed by atoms with van der Waals surface area (Å²) in [6.07, 6.45) is 0.956. The van der Waals surface area contributed by atoms with E-state index in [1.165, 1.54) is 0 Å². The van der Waals surface area contributed by atoms with Gasteiger partial charge in [-0.15, -0.1) is 5.73 Å². The van der Waals surface area contributed by atoms with Crippen LogP contribution in [0.2, 0.25) is 19.6 Å². The van der Waals surface area contributed by atoms with Gasteiger partial charge in [0.15, 0.2) is 0 Å². The smallest absolute Gasteiger partial charge is 0.325 e. The predicted molar refractivity (Wildman–Crippen MR) is 127 cm³/mol. The first-order valence-electron chi connectivity index (χ1n) is 10.5. The molecule has 1 aliphatic heterocycles. The Bertz CT molecular complexity index is 976. The topological polar surface area (TPSA) is 53.0 Å². The second-order valence-electron chi connectivity index (χ2n) is 9.01. The summed E-state index contributed by atoms with van der Waals surface area (Å²) in [5.74, 6) is 0.746. The summed E-state index contributed by atoms with van der Waals surface area (Å²) in [6, 6.07) is 17.3. The maximum absolute atomic E-state index is 13.0. The van der Waals surface area contributed by atoms with Crippen LogP contribution in [-0.4, -0.2) is 49.2 Å². The Kier molecular flexibility index (Phi) is 6.75. The monoisotopic (exact) mass is 436 g/mol. The first kappa shape index (κ1) is 22.9. The van der Waals surface area contributed by atoms with Crippen molar-refractivity contribution in [2.24, 2.45) is 0 Å². The summed E-state index contributed by atoms with van der Waals surface area (Å²) < 4.78 is 5.23. The number of likely N-dealkylation sites (N-methyl/N-ethyl adjacent to an activating group) is 1. The number of benzene rings is 2. The largest absolute Gasteiger partial charge is 0.497 e. The van der Waals surface area contributed by atoms with Gasteiger partial charge < -0.3 is 14.7 Å². The van der Waals surface area contributed by atoms with Gasteiger partial charge in [-0.25, -0.2) is 4.79 Å². The van der Waals surface area contributed by atoms with E-state index in [-0.39, 0.29) is 18.1 Å². The maximum atomic E-state index is 13.0. The number of nitrogens with zero attached hydrogens (tertiary/aromatic N) is 2. The standard InChI is InChI=1S/C25H32N2O3Si/c1-18-23(19-10-8-7-9-11-19)27(25(29)26(18)2)17-16-22(31(4,5)6)24(28)20-12-14-21(30-3)15-13-20/h7-15,17-18,23-24,28H,1-6H3/t16?,18-,23-,24-/m0/s1. The van der Waals surface area contributed by atoms with Gasteiger partial charge in [-0.2, -0.15) is 0 Å². The molecule has 6 heteroatoms. The number of hydrogen-bond donors (Lipinski definition) is 1. The number of aliphatic hydroxyl groups excluding tert-OH is 1. The average molecular weight is 437 g/mol. The molecule has 0 aromatic heterocycles. The van der Waals surface area contributed by atoms with Crippen LogP contribution in [0, 0.1) is 0 Å². The summed E-state index contributed by atoms with van der Waals surface area (Å²) in [4.78, 5) is 16.5. The molecular formula is C25H32N2O3Si. The number of urea groups is 1. The van der Waals surface area contributed by atoms with Crippen LogP contribution in [0.25, 0.3) is 0 Å². The predicted octanol–water partition coefficient (Wildman–Crippen LogP) is 5.14. The zero-order chi connectivity index (χ0) is 22.8. The quantitative estimate of drug-likeness (QED) is 0.504. The third-order valence-corrected chi connectivity index (χ3v) is 7.94. The molecule has 2 aromatic rings. The summed E-state index contributed by atoms with van der Waals surface area (Å²) in [5, 5.41) is 12.0. The number of carbonyl (C=O) groups is 1. The molecule has 0 unspecified atom stereocenters. The Morgan fingerprint density at radius 3 is 2.29 bits per heavy atom. The van der Waals surface area contributed by atoms with E-state index >= 15 is 0 Å². The number of ether oxygens (including phenoxy) is 1. The molecule has 1 N–H and O–H groups in total. The lowest BCUT2D eigenvalue weighted by Gasteiger charge is -2.25. The number of rotatable bonds is 6. The van der Waals surface area contributed by atoms with Gasteiger partial charge in [-0.1, -0.05) is 62.1 Å². The third kappa shape index (κ3) is 4.77. The Labute approximate surface area is 186 Å². The molecule has 0 aliphatic carbocycles. The fourth-order valence-corrected chi connectivity index (χ4v) is 5.43. The number of methoxy groups -OCH3 is 1. The van der Waals surface area contributed by atoms with Crippen LogP contribution in [0.4, 0.5) is 4.79 Å². The minimum atomic E-state index is -1.94. The normalized spacial score (nSPS) is 19.8. The highest BCUT2D eigenvalue weighted by Gasteiger charge is 2.41. The zero-order valence-electron chi connectivity index (χ0n) is 19.2. The summed E-state index contributed by atoms with van der Waals surface area (Å²) >= 11 is 0. The maximum Gasteiger partial charge on any atom is 0.325 e. The molecule has 0 radical (unpaired) electrons. The summed E-state index contributed by atoms with van der Waals surface area (Å²) in [5.41, 5.74) is 5.22. The highest BCUT2D eigenvalue weighted by Crippen LogP contribution is 2.35. The zero-order valence-corrected chi connectivity index (χ0v) is 20.2. The van der Waals surface area contributed by atoms with Gasteiger partial charge >= 0.3 is 6.03 Å². The van der Waals surface area contributed by atoms with Crippen molar-refractivity contribution >= 4 is 14.1 Å². The van der Waals surface area contributed by atoms with Crippen LogP contribution in [0.1, 0.15) is 30.2 Å². The number of hydrogen-bond acceptors (Lipinski definition) is 3. The lowest BCUT2D eigenvalue weighted by atomic mass is 10.0. The van der Waals surface area contributed by atoms with E-state index in [9.17, 15) is 9.90 Å². The first-order valence-corrected chi connectivity index (χ1v) is 14.0. The Morgan fingerprint density at radius 1 is 1.13 bits per heavy atom. The molecule has 5 nitrogen and oxygen atoms in total. The molecule has 1 aliphatic rings. The van der Waals surface area contributed by atoms with E-state index in [2.05, 4.69) is 32.3 Å². The molecule has 0 bridgehead atoms. The third-order valence-electron chi connectivity index (χ3n) is 5.90. The lowest BCUT2D eigenvalue weighted by Crippen LogP contribution is -2.29. The number of aliphatic hydroxyl groups is 1. The number of carbonyl (C=O) groups excluding carboxylic acids is 1. The first-order chi connectivity index (χ1) is 14.6. The summed E-state index contributed by atoms with van der Waals surface area (Å²) in [6.45, 7) is 8.57. The van der Waals surface area contributed by atoms with E-state index in [1.807, 2.05) is 61.6 Å². The van der Waals surface area contributed by atoms with E-state index < -0.39 is 14.2 Å².